The number of aromatic amines is 1. The lowest BCUT2D eigenvalue weighted by molar-refractivity contribution is -0.145. The van der Waals surface area contributed by atoms with Gasteiger partial charge in [0.15, 0.2) is 0 Å². The van der Waals surface area contributed by atoms with Gasteiger partial charge in [-0.1, -0.05) is 6.92 Å². The Hall–Kier alpha value is -1.85. The van der Waals surface area contributed by atoms with E-state index in [4.69, 9.17) is 5.11 Å². The van der Waals surface area contributed by atoms with Crippen LogP contribution in [0.15, 0.2) is 12.4 Å². The molecule has 6 nitrogen and oxygen atoms in total. The van der Waals surface area contributed by atoms with Gasteiger partial charge in [-0.3, -0.25) is 14.7 Å². The van der Waals surface area contributed by atoms with Crippen molar-refractivity contribution in [1.82, 2.24) is 10.2 Å². The highest BCUT2D eigenvalue weighted by molar-refractivity contribution is 5.95. The molecule has 2 rings (SSSR count). The van der Waals surface area contributed by atoms with Gasteiger partial charge in [-0.2, -0.15) is 5.10 Å². The van der Waals surface area contributed by atoms with E-state index in [1.54, 1.807) is 6.20 Å². The minimum absolute atomic E-state index is 0.233. The summed E-state index contributed by atoms with van der Waals surface area (Å²) in [6.07, 6.45) is 4.25. The number of nitrogens with zero attached hydrogens (tertiary/aromatic N) is 1. The normalized spacial score (nSPS) is 27.9. The Morgan fingerprint density at radius 3 is 2.76 bits per heavy atom. The standard InChI is InChI=1S/C11H15N3O3/c1-6-2-8(9(3-6)11(16)17)10(15)14-7-4-12-13-5-7/h4-6,8-9H,2-3H2,1H3,(H,12,13)(H,14,15)(H,16,17)/t6?,8-,9+/m0/s1. The first-order valence-electron chi connectivity index (χ1n) is 5.60. The second kappa shape index (κ2) is 4.57. The smallest absolute Gasteiger partial charge is 0.307 e. The molecule has 3 N–H and O–H groups in total. The molecule has 92 valence electrons. The van der Waals surface area contributed by atoms with Crippen LogP contribution in [0.3, 0.4) is 0 Å². The van der Waals surface area contributed by atoms with E-state index >= 15 is 0 Å². The predicted octanol–water partition coefficient (Wildman–Crippen LogP) is 1.10. The van der Waals surface area contributed by atoms with Crippen LogP contribution in [-0.2, 0) is 9.59 Å². The van der Waals surface area contributed by atoms with Gasteiger partial charge >= 0.3 is 5.97 Å². The molecule has 0 radical (unpaired) electrons. The van der Waals surface area contributed by atoms with Gasteiger partial charge in [0.2, 0.25) is 5.91 Å². The topological polar surface area (TPSA) is 95.1 Å². The summed E-state index contributed by atoms with van der Waals surface area (Å²) in [4.78, 5) is 23.0. The maximum absolute atomic E-state index is 12.0. The van der Waals surface area contributed by atoms with Gasteiger partial charge in [-0.25, -0.2) is 0 Å². The van der Waals surface area contributed by atoms with Crippen LogP contribution in [-0.4, -0.2) is 27.2 Å². The number of H-pyrrole nitrogens is 1. The van der Waals surface area contributed by atoms with Crippen LogP contribution in [0.25, 0.3) is 0 Å². The Morgan fingerprint density at radius 1 is 1.47 bits per heavy atom. The van der Waals surface area contributed by atoms with Crippen molar-refractivity contribution in [2.45, 2.75) is 19.8 Å². The lowest BCUT2D eigenvalue weighted by Crippen LogP contribution is -2.29. The molecule has 1 aliphatic rings. The largest absolute Gasteiger partial charge is 0.481 e. The number of carboxylic acids is 1. The first kappa shape index (κ1) is 11.6. The fourth-order valence-corrected chi connectivity index (χ4v) is 2.41. The van der Waals surface area contributed by atoms with E-state index in [1.807, 2.05) is 6.92 Å². The third-order valence-electron chi connectivity index (χ3n) is 3.22. The number of nitrogens with one attached hydrogen (secondary N) is 2. The zero-order valence-electron chi connectivity index (χ0n) is 9.51. The first-order valence-corrected chi connectivity index (χ1v) is 5.60. The highest BCUT2D eigenvalue weighted by Gasteiger charge is 2.41. The third kappa shape index (κ3) is 2.46. The summed E-state index contributed by atoms with van der Waals surface area (Å²) in [5.41, 5.74) is 0.568. The molecule has 17 heavy (non-hydrogen) atoms. The van der Waals surface area contributed by atoms with Crippen LogP contribution in [0, 0.1) is 17.8 Å². The van der Waals surface area contributed by atoms with Gasteiger partial charge < -0.3 is 10.4 Å². The molecule has 1 aromatic heterocycles. The van der Waals surface area contributed by atoms with Crippen LogP contribution in [0.5, 0.6) is 0 Å². The number of hydrogen-bond acceptors (Lipinski definition) is 3. The minimum atomic E-state index is -0.887. The summed E-state index contributed by atoms with van der Waals surface area (Å²) in [7, 11) is 0. The van der Waals surface area contributed by atoms with Crippen molar-refractivity contribution in [3.8, 4) is 0 Å². The van der Waals surface area contributed by atoms with Crippen molar-refractivity contribution in [2.24, 2.45) is 17.8 Å². The zero-order chi connectivity index (χ0) is 12.4. The maximum atomic E-state index is 12.0. The van der Waals surface area contributed by atoms with Gasteiger partial charge in [0.05, 0.1) is 23.7 Å². The summed E-state index contributed by atoms with van der Waals surface area (Å²) in [6.45, 7) is 1.97. The van der Waals surface area contributed by atoms with Crippen LogP contribution >= 0.6 is 0 Å². The summed E-state index contributed by atoms with van der Waals surface area (Å²) >= 11 is 0. The molecule has 1 fully saturated rings. The van der Waals surface area contributed by atoms with Crippen molar-refractivity contribution in [2.75, 3.05) is 5.32 Å². The molecule has 1 saturated carbocycles. The monoisotopic (exact) mass is 237 g/mol. The number of aliphatic carboxylic acids is 1. The third-order valence-corrected chi connectivity index (χ3v) is 3.22. The summed E-state index contributed by atoms with van der Waals surface area (Å²) in [6, 6.07) is 0. The maximum Gasteiger partial charge on any atom is 0.307 e. The van der Waals surface area contributed by atoms with E-state index in [0.717, 1.165) is 0 Å². The highest BCUT2D eigenvalue weighted by atomic mass is 16.4. The predicted molar refractivity (Wildman–Crippen MR) is 60.2 cm³/mol. The van der Waals surface area contributed by atoms with Crippen LogP contribution in [0.1, 0.15) is 19.8 Å². The van der Waals surface area contributed by atoms with Crippen LogP contribution in [0.4, 0.5) is 5.69 Å². The molecule has 1 amide bonds. The minimum Gasteiger partial charge on any atom is -0.481 e. The van der Waals surface area contributed by atoms with Crippen molar-refractivity contribution in [1.29, 1.82) is 0 Å². The molecule has 0 bridgehead atoms. The van der Waals surface area contributed by atoms with Crippen LogP contribution in [0.2, 0.25) is 0 Å². The molecule has 1 unspecified atom stereocenters. The molecule has 0 saturated heterocycles. The van der Waals surface area contributed by atoms with E-state index in [1.165, 1.54) is 6.20 Å². The molecular formula is C11H15N3O3. The molecule has 1 aromatic rings. The molecule has 1 heterocycles. The SMILES string of the molecule is CC1C[C@H](C(=O)Nc2cn[nH]c2)[C@H](C(=O)O)C1. The summed E-state index contributed by atoms with van der Waals surface area (Å²) in [5, 5.41) is 18.1. The fourth-order valence-electron chi connectivity index (χ4n) is 2.41. The van der Waals surface area contributed by atoms with E-state index in [0.29, 0.717) is 18.5 Å². The van der Waals surface area contributed by atoms with Crippen LogP contribution < -0.4 is 5.32 Å². The number of hydrogen-bond donors (Lipinski definition) is 3. The van der Waals surface area contributed by atoms with Crippen molar-refractivity contribution >= 4 is 17.6 Å². The zero-order valence-corrected chi connectivity index (χ0v) is 9.51. The number of aromatic nitrogens is 2. The summed E-state index contributed by atoms with van der Waals surface area (Å²) in [5.74, 6) is -1.87. The van der Waals surface area contributed by atoms with E-state index in [2.05, 4.69) is 15.5 Å². The van der Waals surface area contributed by atoms with Gasteiger partial charge in [0.25, 0.3) is 0 Å². The molecule has 1 aliphatic carbocycles. The first-order chi connectivity index (χ1) is 8.08. The average Bonchev–Trinajstić information content (AvgIpc) is 2.86. The van der Waals surface area contributed by atoms with Crippen molar-refractivity contribution < 1.29 is 14.7 Å². The number of rotatable bonds is 3. The quantitative estimate of drug-likeness (QED) is 0.733. The fraction of sp³-hybridized carbons (Fsp3) is 0.545. The van der Waals surface area contributed by atoms with Gasteiger partial charge in [0.1, 0.15) is 0 Å². The number of carbonyl (C=O) groups is 2. The molecule has 3 atom stereocenters. The van der Waals surface area contributed by atoms with E-state index in [9.17, 15) is 9.59 Å². The van der Waals surface area contributed by atoms with Gasteiger partial charge in [-0.15, -0.1) is 0 Å². The number of carbonyl (C=O) groups excluding carboxylic acids is 1. The van der Waals surface area contributed by atoms with Crippen molar-refractivity contribution in [3.05, 3.63) is 12.4 Å². The average molecular weight is 237 g/mol. The van der Waals surface area contributed by atoms with E-state index < -0.39 is 17.8 Å². The summed E-state index contributed by atoms with van der Waals surface area (Å²) < 4.78 is 0. The number of anilines is 1. The van der Waals surface area contributed by atoms with Gasteiger partial charge in [0, 0.05) is 6.20 Å². The molecule has 6 heteroatoms. The second-order valence-corrected chi connectivity index (χ2v) is 4.60. The highest BCUT2D eigenvalue weighted by Crippen LogP contribution is 2.37. The number of carboxylic acid groups (broad SMARTS) is 1. The Labute approximate surface area is 98.4 Å². The Bertz CT molecular complexity index is 416. The lowest BCUT2D eigenvalue weighted by atomic mass is 9.95. The Balaban J connectivity index is 2.05. The molecule has 0 aromatic carbocycles. The number of amides is 1. The van der Waals surface area contributed by atoms with Gasteiger partial charge in [-0.05, 0) is 18.8 Å². The Kier molecular flexibility index (Phi) is 3.12. The Morgan fingerprint density at radius 2 is 2.18 bits per heavy atom. The molecular weight excluding hydrogens is 222 g/mol. The molecule has 0 aliphatic heterocycles. The second-order valence-electron chi connectivity index (χ2n) is 4.60. The molecule has 0 spiro atoms. The van der Waals surface area contributed by atoms with Crippen molar-refractivity contribution in [3.63, 3.8) is 0 Å². The lowest BCUT2D eigenvalue weighted by Gasteiger charge is -2.14. The van der Waals surface area contributed by atoms with E-state index in [-0.39, 0.29) is 11.8 Å².